The van der Waals surface area contributed by atoms with Crippen LogP contribution >= 0.6 is 0 Å². The molecule has 0 aliphatic heterocycles. The fourth-order valence-electron chi connectivity index (χ4n) is 2.95. The molecule has 0 amide bonds. The van der Waals surface area contributed by atoms with Crippen molar-refractivity contribution < 1.29 is 9.50 Å². The molecule has 27 heavy (non-hydrogen) atoms. The molecule has 8 nitrogen and oxygen atoms in total. The van der Waals surface area contributed by atoms with E-state index in [0.29, 0.717) is 30.1 Å². The summed E-state index contributed by atoms with van der Waals surface area (Å²) in [7, 11) is 0. The molecule has 0 saturated carbocycles. The third kappa shape index (κ3) is 3.39. The highest BCUT2D eigenvalue weighted by Crippen LogP contribution is 2.32. The molecule has 0 saturated heterocycles. The lowest BCUT2D eigenvalue weighted by molar-refractivity contribution is 0.269. The molecule has 3 aromatic rings. The van der Waals surface area contributed by atoms with Gasteiger partial charge in [-0.2, -0.15) is 5.10 Å². The average molecular weight is 369 g/mol. The second-order valence-corrected chi connectivity index (χ2v) is 6.02. The number of hydrogen-bond donors (Lipinski definition) is 3. The molecule has 3 aromatic heterocycles. The Labute approximate surface area is 155 Å². The summed E-state index contributed by atoms with van der Waals surface area (Å²) in [5.41, 5.74) is 9.41. The number of halogens is 1. The van der Waals surface area contributed by atoms with Crippen LogP contribution in [-0.4, -0.2) is 31.2 Å². The lowest BCUT2D eigenvalue weighted by Crippen LogP contribution is -2.11. The van der Waals surface area contributed by atoms with E-state index in [-0.39, 0.29) is 17.2 Å². The van der Waals surface area contributed by atoms with Gasteiger partial charge >= 0.3 is 0 Å². The number of nitrogens with one attached hydrogen (secondary N) is 1. The first-order valence-corrected chi connectivity index (χ1v) is 8.54. The third-order valence-corrected chi connectivity index (χ3v) is 4.34. The third-order valence-electron chi connectivity index (χ3n) is 4.34. The molecule has 140 valence electrons. The van der Waals surface area contributed by atoms with Crippen LogP contribution in [0, 0.1) is 19.3 Å². The number of nitrogen functional groups attached to an aromatic ring is 1. The van der Waals surface area contributed by atoms with Gasteiger partial charge in [-0.1, -0.05) is 6.92 Å². The SMILES string of the molecule is [C-]#[N+]c1c(NCCc2ccc(F)c(CO)n2)nc2c(CC)c(C)nn2c1N. The first kappa shape index (κ1) is 18.5. The van der Waals surface area contributed by atoms with Crippen LogP contribution in [0.1, 0.15) is 29.6 Å². The number of aliphatic hydroxyl groups excluding tert-OH is 1. The molecule has 0 spiro atoms. The second-order valence-electron chi connectivity index (χ2n) is 6.02. The van der Waals surface area contributed by atoms with Crippen LogP contribution in [0.15, 0.2) is 12.1 Å². The number of pyridine rings is 1. The fraction of sp³-hybridized carbons (Fsp3) is 0.333. The molecule has 0 bridgehead atoms. The zero-order valence-electron chi connectivity index (χ0n) is 15.1. The summed E-state index contributed by atoms with van der Waals surface area (Å²) in [5, 5.41) is 16.6. The molecular formula is C18H20FN7O. The average Bonchev–Trinajstić information content (AvgIpc) is 2.98. The zero-order valence-corrected chi connectivity index (χ0v) is 15.1. The first-order chi connectivity index (χ1) is 13.0. The maximum Gasteiger partial charge on any atom is 0.268 e. The van der Waals surface area contributed by atoms with Gasteiger partial charge < -0.3 is 16.2 Å². The summed E-state index contributed by atoms with van der Waals surface area (Å²) < 4.78 is 14.9. The Kier molecular flexibility index (Phi) is 5.19. The standard InChI is InChI=1S/C18H20FN7O/c1-4-12-10(2)25-26-16(20)15(21-3)17(24-18(12)26)22-8-7-11-5-6-13(19)14(9-27)23-11/h5-6,27H,4,7-9,20H2,1-2H3,(H,22,24). The van der Waals surface area contributed by atoms with Crippen LogP contribution in [0.3, 0.4) is 0 Å². The number of rotatable bonds is 6. The highest BCUT2D eigenvalue weighted by Gasteiger charge is 2.18. The Morgan fingerprint density at radius 3 is 2.81 bits per heavy atom. The smallest absolute Gasteiger partial charge is 0.268 e. The molecular weight excluding hydrogens is 349 g/mol. The predicted octanol–water partition coefficient (Wildman–Crippen LogP) is 2.41. The van der Waals surface area contributed by atoms with Gasteiger partial charge in [0.25, 0.3) is 5.69 Å². The topological polar surface area (TPSA) is 106 Å². The molecule has 0 unspecified atom stereocenters. The Morgan fingerprint density at radius 2 is 2.15 bits per heavy atom. The van der Waals surface area contributed by atoms with Gasteiger partial charge in [0.15, 0.2) is 5.65 Å². The number of nitrogens with zero attached hydrogens (tertiary/aromatic N) is 5. The maximum absolute atomic E-state index is 13.4. The van der Waals surface area contributed by atoms with Crippen molar-refractivity contribution in [3.05, 3.63) is 52.0 Å². The van der Waals surface area contributed by atoms with E-state index in [1.807, 2.05) is 13.8 Å². The predicted molar refractivity (Wildman–Crippen MR) is 100 cm³/mol. The van der Waals surface area contributed by atoms with Gasteiger partial charge in [-0.3, -0.25) is 4.98 Å². The molecule has 9 heteroatoms. The van der Waals surface area contributed by atoms with Crippen molar-refractivity contribution in [2.24, 2.45) is 0 Å². The lowest BCUT2D eigenvalue weighted by atomic mass is 10.2. The number of nitrogens with two attached hydrogens (primary N) is 1. The number of aryl methyl sites for hydroxylation is 2. The summed E-state index contributed by atoms with van der Waals surface area (Å²) in [4.78, 5) is 12.1. The minimum absolute atomic E-state index is 0.0143. The van der Waals surface area contributed by atoms with Crippen molar-refractivity contribution in [2.45, 2.75) is 33.3 Å². The van der Waals surface area contributed by atoms with E-state index >= 15 is 0 Å². The minimum atomic E-state index is -0.535. The van der Waals surface area contributed by atoms with E-state index in [2.05, 4.69) is 25.2 Å². The molecule has 0 aliphatic rings. The molecule has 0 aliphatic carbocycles. The van der Waals surface area contributed by atoms with E-state index in [1.165, 1.54) is 10.6 Å². The summed E-state index contributed by atoms with van der Waals surface area (Å²) in [6.07, 6.45) is 1.22. The Bertz CT molecular complexity index is 1040. The van der Waals surface area contributed by atoms with Crippen molar-refractivity contribution in [1.29, 1.82) is 0 Å². The van der Waals surface area contributed by atoms with Crippen LogP contribution < -0.4 is 11.1 Å². The maximum atomic E-state index is 13.4. The van der Waals surface area contributed by atoms with Crippen LogP contribution in [0.5, 0.6) is 0 Å². The van der Waals surface area contributed by atoms with Gasteiger partial charge in [-0.15, -0.1) is 0 Å². The number of aliphatic hydroxyl groups is 1. The van der Waals surface area contributed by atoms with Gasteiger partial charge in [-0.05, 0) is 25.5 Å². The van der Waals surface area contributed by atoms with Crippen molar-refractivity contribution in [1.82, 2.24) is 19.6 Å². The molecule has 4 N–H and O–H groups in total. The number of aromatic nitrogens is 4. The van der Waals surface area contributed by atoms with Gasteiger partial charge in [0.1, 0.15) is 23.1 Å². The summed E-state index contributed by atoms with van der Waals surface area (Å²) in [6, 6.07) is 2.84. The van der Waals surface area contributed by atoms with E-state index in [1.54, 1.807) is 6.07 Å². The Hall–Kier alpha value is -3.25. The highest BCUT2D eigenvalue weighted by molar-refractivity contribution is 5.80. The molecule has 3 rings (SSSR count). The Balaban J connectivity index is 1.87. The normalized spacial score (nSPS) is 10.9. The summed E-state index contributed by atoms with van der Waals surface area (Å²) >= 11 is 0. The van der Waals surface area contributed by atoms with Gasteiger partial charge in [0.05, 0.1) is 18.9 Å². The van der Waals surface area contributed by atoms with Crippen molar-refractivity contribution >= 4 is 23.0 Å². The molecule has 0 fully saturated rings. The van der Waals surface area contributed by atoms with Crippen LogP contribution in [0.4, 0.5) is 21.7 Å². The van der Waals surface area contributed by atoms with Crippen molar-refractivity contribution in [2.75, 3.05) is 17.6 Å². The number of hydrogen-bond acceptors (Lipinski definition) is 6. The summed E-state index contributed by atoms with van der Waals surface area (Å²) in [6.45, 7) is 11.3. The molecule has 0 atom stereocenters. The van der Waals surface area contributed by atoms with Crippen LogP contribution in [0.2, 0.25) is 0 Å². The molecule has 0 radical (unpaired) electrons. The van der Waals surface area contributed by atoms with Crippen LogP contribution in [-0.2, 0) is 19.4 Å². The van der Waals surface area contributed by atoms with Crippen molar-refractivity contribution in [3.63, 3.8) is 0 Å². The number of anilines is 2. The molecule has 3 heterocycles. The molecule has 0 aromatic carbocycles. The number of fused-ring (bicyclic) bond motifs is 1. The zero-order chi connectivity index (χ0) is 19.6. The lowest BCUT2D eigenvalue weighted by Gasteiger charge is -2.11. The largest absolute Gasteiger partial charge is 0.392 e. The summed E-state index contributed by atoms with van der Waals surface area (Å²) in [5.74, 6) is 0.0875. The first-order valence-electron chi connectivity index (χ1n) is 8.54. The van der Waals surface area contributed by atoms with Gasteiger partial charge in [-0.25, -0.2) is 18.7 Å². The van der Waals surface area contributed by atoms with E-state index in [0.717, 1.165) is 17.7 Å². The monoisotopic (exact) mass is 369 g/mol. The van der Waals surface area contributed by atoms with E-state index in [4.69, 9.17) is 17.4 Å². The Morgan fingerprint density at radius 1 is 1.37 bits per heavy atom. The fourth-order valence-corrected chi connectivity index (χ4v) is 2.95. The van der Waals surface area contributed by atoms with Crippen molar-refractivity contribution in [3.8, 4) is 0 Å². The highest BCUT2D eigenvalue weighted by atomic mass is 19.1. The van der Waals surface area contributed by atoms with Gasteiger partial charge in [0.2, 0.25) is 0 Å². The quantitative estimate of drug-likeness (QED) is 0.576. The van der Waals surface area contributed by atoms with E-state index in [9.17, 15) is 4.39 Å². The second kappa shape index (κ2) is 7.55. The van der Waals surface area contributed by atoms with E-state index < -0.39 is 12.4 Å². The minimum Gasteiger partial charge on any atom is -0.392 e. The van der Waals surface area contributed by atoms with Crippen LogP contribution in [0.25, 0.3) is 10.5 Å². The van der Waals surface area contributed by atoms with Gasteiger partial charge in [0, 0.05) is 24.2 Å².